The van der Waals surface area contributed by atoms with Crippen molar-refractivity contribution in [3.63, 3.8) is 0 Å². The fraction of sp³-hybridized carbons (Fsp3) is 0.440. The van der Waals surface area contributed by atoms with Gasteiger partial charge >= 0.3 is 5.97 Å². The van der Waals surface area contributed by atoms with E-state index in [9.17, 15) is 18.5 Å². The van der Waals surface area contributed by atoms with Crippen molar-refractivity contribution in [2.45, 2.75) is 49.4 Å². The van der Waals surface area contributed by atoms with Gasteiger partial charge in [-0.1, -0.05) is 23.7 Å². The summed E-state index contributed by atoms with van der Waals surface area (Å²) in [4.78, 5) is 11.6. The first-order valence-electron chi connectivity index (χ1n) is 11.4. The normalized spacial score (nSPS) is 25.6. The maximum atomic E-state index is 13.2. The number of carbonyl (C=O) groups is 1. The van der Waals surface area contributed by atoms with Gasteiger partial charge in [-0.2, -0.15) is 5.26 Å². The van der Waals surface area contributed by atoms with E-state index in [2.05, 4.69) is 4.72 Å². The predicted octanol–water partition coefficient (Wildman–Crippen LogP) is 4.86. The zero-order valence-corrected chi connectivity index (χ0v) is 20.2. The van der Waals surface area contributed by atoms with E-state index >= 15 is 0 Å². The molecule has 3 fully saturated rings. The predicted molar refractivity (Wildman–Crippen MR) is 128 cm³/mol. The van der Waals surface area contributed by atoms with E-state index in [0.29, 0.717) is 29.6 Å². The fourth-order valence-electron chi connectivity index (χ4n) is 4.76. The van der Waals surface area contributed by atoms with Crippen LogP contribution in [0.15, 0.2) is 36.4 Å². The summed E-state index contributed by atoms with van der Waals surface area (Å²) >= 11 is 6.24. The van der Waals surface area contributed by atoms with Crippen LogP contribution in [0.5, 0.6) is 5.75 Å². The number of benzene rings is 2. The van der Waals surface area contributed by atoms with Gasteiger partial charge in [-0.25, -0.2) is 13.2 Å². The van der Waals surface area contributed by atoms with Crippen LogP contribution >= 0.6 is 11.6 Å². The number of carbonyl (C=O) groups excluding carboxylic acids is 1. The second kappa shape index (κ2) is 8.79. The number of nitrogens with zero attached hydrogens (tertiary/aromatic N) is 1. The second-order valence-corrected chi connectivity index (χ2v) is 11.6. The lowest BCUT2D eigenvalue weighted by molar-refractivity contribution is 0.0340. The molecule has 4 unspecified atom stereocenters. The van der Waals surface area contributed by atoms with Gasteiger partial charge in [0.15, 0.2) is 0 Å². The second-order valence-electron chi connectivity index (χ2n) is 9.32. The molecule has 0 aromatic heterocycles. The van der Waals surface area contributed by atoms with E-state index in [1.807, 2.05) is 6.07 Å². The number of hydrogen-bond acceptors (Lipinski definition) is 6. The molecular formula is C25H25ClN2O5S. The highest BCUT2D eigenvalue weighted by Gasteiger charge is 2.49. The number of rotatable bonds is 8. The van der Waals surface area contributed by atoms with Crippen LogP contribution < -0.4 is 9.46 Å². The largest absolute Gasteiger partial charge is 0.488 e. The fourth-order valence-corrected chi connectivity index (χ4v) is 6.63. The van der Waals surface area contributed by atoms with Crippen molar-refractivity contribution in [3.8, 4) is 11.8 Å². The van der Waals surface area contributed by atoms with Crippen LogP contribution in [-0.4, -0.2) is 32.9 Å². The number of anilines is 1. The number of sulfonamides is 1. The molecule has 3 saturated carbocycles. The van der Waals surface area contributed by atoms with Crippen molar-refractivity contribution in [3.05, 3.63) is 58.1 Å². The van der Waals surface area contributed by atoms with E-state index in [1.54, 1.807) is 24.3 Å². The lowest BCUT2D eigenvalue weighted by atomic mass is 9.78. The van der Waals surface area contributed by atoms with Gasteiger partial charge in [0.05, 0.1) is 34.2 Å². The van der Waals surface area contributed by atoms with Crippen molar-refractivity contribution >= 4 is 33.3 Å². The third-order valence-electron chi connectivity index (χ3n) is 7.10. The zero-order chi connectivity index (χ0) is 24.0. The van der Waals surface area contributed by atoms with Crippen molar-refractivity contribution in [2.75, 3.05) is 11.8 Å². The van der Waals surface area contributed by atoms with Crippen LogP contribution in [0.2, 0.25) is 5.02 Å². The van der Waals surface area contributed by atoms with E-state index in [-0.39, 0.29) is 28.3 Å². The minimum atomic E-state index is -3.75. The van der Waals surface area contributed by atoms with E-state index < -0.39 is 21.2 Å². The highest BCUT2D eigenvalue weighted by molar-refractivity contribution is 7.93. The topological polar surface area (TPSA) is 105 Å². The maximum absolute atomic E-state index is 13.2. The Morgan fingerprint density at radius 2 is 1.88 bits per heavy atom. The summed E-state index contributed by atoms with van der Waals surface area (Å²) in [5, 5.41) is 9.02. The molecule has 2 aromatic rings. The average molecular weight is 501 g/mol. The molecule has 4 atom stereocenters. The van der Waals surface area contributed by atoms with E-state index in [0.717, 1.165) is 18.4 Å². The van der Waals surface area contributed by atoms with Gasteiger partial charge in [-0.3, -0.25) is 4.72 Å². The Morgan fingerprint density at radius 3 is 2.47 bits per heavy atom. The molecule has 2 aromatic carbocycles. The Morgan fingerprint density at radius 1 is 1.15 bits per heavy atom. The molecule has 34 heavy (non-hydrogen) atoms. The van der Waals surface area contributed by atoms with Crippen LogP contribution in [0.1, 0.15) is 59.5 Å². The molecule has 0 aliphatic heterocycles. The average Bonchev–Trinajstić information content (AvgIpc) is 3.72. The smallest absolute Gasteiger partial charge is 0.337 e. The first kappa shape index (κ1) is 23.0. The molecule has 0 saturated heterocycles. The summed E-state index contributed by atoms with van der Waals surface area (Å²) < 4.78 is 40.0. The molecule has 0 radical (unpaired) electrons. The molecule has 178 valence electrons. The van der Waals surface area contributed by atoms with Gasteiger partial charge in [0, 0.05) is 12.0 Å². The SMILES string of the molecule is COC(=O)c1ccc(C2CC2S(=O)(=O)Nc2cc(C#N)c(Cl)cc2OC2CCC2C2CC2)cc1. The molecule has 7 nitrogen and oxygen atoms in total. The Labute approximate surface area is 204 Å². The molecular weight excluding hydrogens is 476 g/mol. The van der Waals surface area contributed by atoms with Crippen molar-refractivity contribution in [1.29, 1.82) is 5.26 Å². The first-order valence-corrected chi connectivity index (χ1v) is 13.3. The van der Waals surface area contributed by atoms with Crippen LogP contribution in [0, 0.1) is 23.2 Å². The van der Waals surface area contributed by atoms with Crippen LogP contribution in [-0.2, 0) is 14.8 Å². The van der Waals surface area contributed by atoms with Crippen molar-refractivity contribution in [2.24, 2.45) is 11.8 Å². The molecule has 9 heteroatoms. The quantitative estimate of drug-likeness (QED) is 0.519. The highest BCUT2D eigenvalue weighted by Crippen LogP contribution is 2.50. The summed E-state index contributed by atoms with van der Waals surface area (Å²) in [6, 6.07) is 11.8. The van der Waals surface area contributed by atoms with Crippen molar-refractivity contribution < 1.29 is 22.7 Å². The molecule has 0 spiro atoms. The van der Waals surface area contributed by atoms with Gasteiger partial charge in [0.2, 0.25) is 10.0 Å². The molecule has 3 aliphatic carbocycles. The summed E-state index contributed by atoms with van der Waals surface area (Å²) in [5.74, 6) is 0.946. The van der Waals surface area contributed by atoms with E-state index in [1.165, 1.54) is 32.1 Å². The van der Waals surface area contributed by atoms with Gasteiger partial charge < -0.3 is 9.47 Å². The van der Waals surface area contributed by atoms with Crippen LogP contribution in [0.4, 0.5) is 5.69 Å². The number of halogens is 1. The summed E-state index contributed by atoms with van der Waals surface area (Å²) in [6.45, 7) is 0. The van der Waals surface area contributed by atoms with Gasteiger partial charge in [-0.05, 0) is 67.7 Å². The molecule has 1 N–H and O–H groups in total. The van der Waals surface area contributed by atoms with Crippen molar-refractivity contribution in [1.82, 2.24) is 0 Å². The molecule has 5 rings (SSSR count). The molecule has 0 amide bonds. The van der Waals surface area contributed by atoms with Gasteiger partial charge in [0.1, 0.15) is 17.9 Å². The number of nitrogens with one attached hydrogen (secondary N) is 1. The molecule has 0 heterocycles. The third kappa shape index (κ3) is 4.47. The standard InChI is InChI=1S/C25H25ClN2O5S/c1-32-25(29)16-6-4-15(5-7-16)19-11-24(19)34(30,31)28-21-10-17(13-27)20(26)12-23(21)33-22-9-8-18(22)14-2-3-14/h4-7,10,12,14,18-19,22,24,28H,2-3,8-9,11H2,1H3. The summed E-state index contributed by atoms with van der Waals surface area (Å²) in [7, 11) is -2.43. The lowest BCUT2D eigenvalue weighted by Gasteiger charge is -2.37. The maximum Gasteiger partial charge on any atom is 0.337 e. The first-order chi connectivity index (χ1) is 16.3. The number of methoxy groups -OCH3 is 1. The van der Waals surface area contributed by atoms with Crippen LogP contribution in [0.25, 0.3) is 0 Å². The Kier molecular flexibility index (Phi) is 5.95. The van der Waals surface area contributed by atoms with Crippen LogP contribution in [0.3, 0.4) is 0 Å². The molecule has 0 bridgehead atoms. The zero-order valence-electron chi connectivity index (χ0n) is 18.7. The Balaban J connectivity index is 1.33. The number of hydrogen-bond donors (Lipinski definition) is 1. The monoisotopic (exact) mass is 500 g/mol. The molecule has 3 aliphatic rings. The summed E-state index contributed by atoms with van der Waals surface area (Å²) in [5.41, 5.74) is 1.69. The number of nitriles is 1. The van der Waals surface area contributed by atoms with E-state index in [4.69, 9.17) is 21.1 Å². The highest BCUT2D eigenvalue weighted by atomic mass is 35.5. The van der Waals surface area contributed by atoms with Gasteiger partial charge in [-0.15, -0.1) is 0 Å². The number of esters is 1. The Hall–Kier alpha value is -2.76. The minimum absolute atomic E-state index is 0.0433. The minimum Gasteiger partial charge on any atom is -0.488 e. The third-order valence-corrected chi connectivity index (χ3v) is 9.24. The van der Waals surface area contributed by atoms with Gasteiger partial charge in [0.25, 0.3) is 0 Å². The summed E-state index contributed by atoms with van der Waals surface area (Å²) in [6.07, 6.45) is 5.01. The Bertz CT molecular complexity index is 1270. The lowest BCUT2D eigenvalue weighted by Crippen LogP contribution is -2.38. The number of ether oxygens (including phenoxy) is 2.